The number of likely N-dealkylation sites (N-methyl/N-ethyl adjacent to an activating group) is 1. The summed E-state index contributed by atoms with van der Waals surface area (Å²) < 4.78 is 5.07. The topological polar surface area (TPSA) is 92.4 Å². The van der Waals surface area contributed by atoms with Gasteiger partial charge >= 0.3 is 6.01 Å². The SMILES string of the molecule is COc1nc(NN)nc(N2CC(C)N(C)C(C)C2)n1. The van der Waals surface area contributed by atoms with Gasteiger partial charge in [0.05, 0.1) is 7.11 Å². The number of hydrazine groups is 1. The molecule has 8 nitrogen and oxygen atoms in total. The van der Waals surface area contributed by atoms with Crippen LogP contribution in [0.25, 0.3) is 0 Å². The van der Waals surface area contributed by atoms with Gasteiger partial charge in [0.15, 0.2) is 0 Å². The molecule has 0 radical (unpaired) electrons. The highest BCUT2D eigenvalue weighted by atomic mass is 16.5. The van der Waals surface area contributed by atoms with Crippen molar-refractivity contribution in [2.75, 3.05) is 37.6 Å². The van der Waals surface area contributed by atoms with Gasteiger partial charge in [-0.25, -0.2) is 5.84 Å². The van der Waals surface area contributed by atoms with Gasteiger partial charge in [-0.15, -0.1) is 0 Å². The van der Waals surface area contributed by atoms with E-state index >= 15 is 0 Å². The predicted molar refractivity (Wildman–Crippen MR) is 73.1 cm³/mol. The van der Waals surface area contributed by atoms with E-state index in [9.17, 15) is 0 Å². The van der Waals surface area contributed by atoms with Crippen molar-refractivity contribution in [2.24, 2.45) is 5.84 Å². The molecule has 1 fully saturated rings. The molecule has 2 atom stereocenters. The highest BCUT2D eigenvalue weighted by Crippen LogP contribution is 2.20. The van der Waals surface area contributed by atoms with Crippen LogP contribution in [-0.2, 0) is 0 Å². The Bertz CT molecular complexity index is 407. The van der Waals surface area contributed by atoms with Gasteiger partial charge in [0.2, 0.25) is 11.9 Å². The van der Waals surface area contributed by atoms with Crippen molar-refractivity contribution >= 4 is 11.9 Å². The lowest BCUT2D eigenvalue weighted by Gasteiger charge is -2.42. The number of nitrogen functional groups attached to an aromatic ring is 1. The van der Waals surface area contributed by atoms with Gasteiger partial charge in [-0.3, -0.25) is 10.3 Å². The van der Waals surface area contributed by atoms with Crippen LogP contribution in [0.3, 0.4) is 0 Å². The summed E-state index contributed by atoms with van der Waals surface area (Å²) in [7, 11) is 3.65. The molecule has 19 heavy (non-hydrogen) atoms. The maximum absolute atomic E-state index is 5.36. The van der Waals surface area contributed by atoms with E-state index in [1.165, 1.54) is 7.11 Å². The van der Waals surface area contributed by atoms with Crippen molar-refractivity contribution in [2.45, 2.75) is 25.9 Å². The molecule has 0 amide bonds. The zero-order chi connectivity index (χ0) is 14.0. The fourth-order valence-electron chi connectivity index (χ4n) is 2.21. The van der Waals surface area contributed by atoms with E-state index in [1.54, 1.807) is 0 Å². The van der Waals surface area contributed by atoms with Crippen molar-refractivity contribution < 1.29 is 4.74 Å². The first-order valence-electron chi connectivity index (χ1n) is 6.28. The first-order chi connectivity index (χ1) is 9.05. The Morgan fingerprint density at radius 3 is 2.37 bits per heavy atom. The molecule has 0 saturated carbocycles. The number of ether oxygens (including phenoxy) is 1. The zero-order valence-electron chi connectivity index (χ0n) is 11.8. The van der Waals surface area contributed by atoms with Gasteiger partial charge in [0.1, 0.15) is 0 Å². The molecule has 1 aromatic rings. The van der Waals surface area contributed by atoms with Crippen LogP contribution >= 0.6 is 0 Å². The van der Waals surface area contributed by atoms with Gasteiger partial charge in [0.25, 0.3) is 0 Å². The Kier molecular flexibility index (Phi) is 4.01. The molecule has 2 rings (SSSR count). The molecule has 1 saturated heterocycles. The number of hydrogen-bond donors (Lipinski definition) is 2. The third-order valence-electron chi connectivity index (χ3n) is 3.56. The van der Waals surface area contributed by atoms with Crippen LogP contribution in [0, 0.1) is 0 Å². The Hall–Kier alpha value is -1.67. The van der Waals surface area contributed by atoms with E-state index < -0.39 is 0 Å². The van der Waals surface area contributed by atoms with Gasteiger partial charge in [-0.1, -0.05) is 0 Å². The maximum Gasteiger partial charge on any atom is 0.322 e. The summed E-state index contributed by atoms with van der Waals surface area (Å²) in [6.45, 7) is 6.09. The molecule has 106 valence electrons. The van der Waals surface area contributed by atoms with Crippen LogP contribution in [0.4, 0.5) is 11.9 Å². The molecule has 0 aromatic carbocycles. The third kappa shape index (κ3) is 2.85. The number of anilines is 2. The minimum atomic E-state index is 0.261. The van der Waals surface area contributed by atoms with Gasteiger partial charge < -0.3 is 9.64 Å². The maximum atomic E-state index is 5.36. The third-order valence-corrected chi connectivity index (χ3v) is 3.56. The smallest absolute Gasteiger partial charge is 0.322 e. The average molecular weight is 267 g/mol. The van der Waals surface area contributed by atoms with Crippen molar-refractivity contribution in [1.82, 2.24) is 19.9 Å². The summed E-state index contributed by atoms with van der Waals surface area (Å²) in [4.78, 5) is 17.0. The van der Waals surface area contributed by atoms with Crippen LogP contribution in [-0.4, -0.2) is 59.2 Å². The Labute approximate surface area is 112 Å². The number of nitrogens with one attached hydrogen (secondary N) is 1. The largest absolute Gasteiger partial charge is 0.467 e. The van der Waals surface area contributed by atoms with Crippen LogP contribution in [0.1, 0.15) is 13.8 Å². The van der Waals surface area contributed by atoms with Crippen molar-refractivity contribution in [3.8, 4) is 6.01 Å². The molecule has 1 aliphatic heterocycles. The summed E-state index contributed by atoms with van der Waals surface area (Å²) in [5.74, 6) is 6.26. The molecular formula is C11H21N7O. The highest BCUT2D eigenvalue weighted by molar-refractivity contribution is 5.38. The van der Waals surface area contributed by atoms with E-state index in [0.29, 0.717) is 24.0 Å². The zero-order valence-corrected chi connectivity index (χ0v) is 11.8. The molecule has 3 N–H and O–H groups in total. The van der Waals surface area contributed by atoms with Crippen molar-refractivity contribution in [3.63, 3.8) is 0 Å². The first-order valence-corrected chi connectivity index (χ1v) is 6.28. The van der Waals surface area contributed by atoms with Gasteiger partial charge in [0, 0.05) is 25.2 Å². The number of nitrogens with two attached hydrogens (primary N) is 1. The van der Waals surface area contributed by atoms with E-state index in [2.05, 4.69) is 51.1 Å². The molecule has 0 bridgehead atoms. The molecule has 2 unspecified atom stereocenters. The predicted octanol–water partition coefficient (Wildman–Crippen LogP) is -0.305. The van der Waals surface area contributed by atoms with Crippen molar-refractivity contribution in [3.05, 3.63) is 0 Å². The number of aromatic nitrogens is 3. The Morgan fingerprint density at radius 1 is 1.21 bits per heavy atom. The number of piperazine rings is 1. The first kappa shape index (κ1) is 13.8. The lowest BCUT2D eigenvalue weighted by molar-refractivity contribution is 0.169. The minimum absolute atomic E-state index is 0.261. The quantitative estimate of drug-likeness (QED) is 0.569. The van der Waals surface area contributed by atoms with E-state index in [4.69, 9.17) is 10.6 Å². The lowest BCUT2D eigenvalue weighted by Crippen LogP contribution is -2.55. The van der Waals surface area contributed by atoms with Crippen LogP contribution in [0.2, 0.25) is 0 Å². The van der Waals surface area contributed by atoms with E-state index in [0.717, 1.165) is 13.1 Å². The van der Waals surface area contributed by atoms with Gasteiger partial charge in [-0.2, -0.15) is 15.0 Å². The fourth-order valence-corrected chi connectivity index (χ4v) is 2.21. The van der Waals surface area contributed by atoms with E-state index in [1.807, 2.05) is 0 Å². The van der Waals surface area contributed by atoms with Crippen molar-refractivity contribution in [1.29, 1.82) is 0 Å². The number of rotatable bonds is 3. The molecule has 0 spiro atoms. The number of methoxy groups -OCH3 is 1. The second kappa shape index (κ2) is 5.54. The molecule has 1 aliphatic rings. The highest BCUT2D eigenvalue weighted by Gasteiger charge is 2.28. The van der Waals surface area contributed by atoms with E-state index in [-0.39, 0.29) is 6.01 Å². The fraction of sp³-hybridized carbons (Fsp3) is 0.727. The van der Waals surface area contributed by atoms with Crippen LogP contribution < -0.4 is 20.9 Å². The normalized spacial score (nSPS) is 24.4. The summed E-state index contributed by atoms with van der Waals surface area (Å²) in [6, 6.07) is 1.12. The Balaban J connectivity index is 2.26. The minimum Gasteiger partial charge on any atom is -0.467 e. The Morgan fingerprint density at radius 2 is 1.84 bits per heavy atom. The molecular weight excluding hydrogens is 246 g/mol. The second-order valence-electron chi connectivity index (χ2n) is 4.86. The summed E-state index contributed by atoms with van der Waals surface area (Å²) in [5.41, 5.74) is 2.43. The number of nitrogens with zero attached hydrogens (tertiary/aromatic N) is 5. The second-order valence-corrected chi connectivity index (χ2v) is 4.86. The average Bonchev–Trinajstić information content (AvgIpc) is 2.43. The van der Waals surface area contributed by atoms with Crippen LogP contribution in [0.15, 0.2) is 0 Å². The van der Waals surface area contributed by atoms with Crippen LogP contribution in [0.5, 0.6) is 6.01 Å². The lowest BCUT2D eigenvalue weighted by atomic mass is 10.1. The molecule has 0 aliphatic carbocycles. The summed E-state index contributed by atoms with van der Waals surface area (Å²) in [6.07, 6.45) is 0. The summed E-state index contributed by atoms with van der Waals surface area (Å²) >= 11 is 0. The standard InChI is InChI=1S/C11H21N7O/c1-7-5-18(6-8(2)17(7)3)10-13-9(16-12)14-11(15-10)19-4/h7-8H,5-6,12H2,1-4H3,(H,13,14,15,16). The molecule has 8 heteroatoms. The summed E-state index contributed by atoms with van der Waals surface area (Å²) in [5, 5.41) is 0. The monoisotopic (exact) mass is 267 g/mol. The molecule has 2 heterocycles. The van der Waals surface area contributed by atoms with Gasteiger partial charge in [-0.05, 0) is 20.9 Å². The molecule has 1 aromatic heterocycles. The number of hydrogen-bond acceptors (Lipinski definition) is 8.